The summed E-state index contributed by atoms with van der Waals surface area (Å²) in [6.45, 7) is -0.143. The Hall–Kier alpha value is -3.48. The molecule has 1 N–H and O–H groups in total. The second-order valence-corrected chi connectivity index (χ2v) is 8.17. The minimum Gasteiger partial charge on any atom is -0.451 e. The molecule has 0 atom stereocenters. The molecule has 7 heteroatoms. The molecule has 0 bridgehead atoms. The van der Waals surface area contributed by atoms with Crippen LogP contribution in [0.15, 0.2) is 59.4 Å². The maximum absolute atomic E-state index is 12.9. The fourth-order valence-electron chi connectivity index (χ4n) is 4.14. The predicted molar refractivity (Wildman–Crippen MR) is 121 cm³/mol. The monoisotopic (exact) mass is 433 g/mol. The molecule has 4 rings (SSSR count). The summed E-state index contributed by atoms with van der Waals surface area (Å²) in [4.78, 5) is 38.1. The van der Waals surface area contributed by atoms with E-state index in [1.54, 1.807) is 24.3 Å². The molecule has 0 unspecified atom stereocenters. The first-order chi connectivity index (χ1) is 15.6. The highest BCUT2D eigenvalue weighted by molar-refractivity contribution is 6.02. The Morgan fingerprint density at radius 2 is 1.59 bits per heavy atom. The summed E-state index contributed by atoms with van der Waals surface area (Å²) in [5.74, 6) is -1.04. The van der Waals surface area contributed by atoms with Crippen LogP contribution >= 0.6 is 0 Å². The van der Waals surface area contributed by atoms with E-state index in [1.807, 2.05) is 30.3 Å². The molecule has 166 valence electrons. The van der Waals surface area contributed by atoms with E-state index in [-0.39, 0.29) is 36.4 Å². The third-order valence-electron chi connectivity index (χ3n) is 5.79. The fourth-order valence-corrected chi connectivity index (χ4v) is 4.14. The molecule has 0 spiro atoms. The highest BCUT2D eigenvalue weighted by Crippen LogP contribution is 2.17. The zero-order chi connectivity index (χ0) is 22.3. The van der Waals surface area contributed by atoms with Gasteiger partial charge in [0.15, 0.2) is 12.3 Å². The fraction of sp³-hybridized carbons (Fsp3) is 0.360. The minimum absolute atomic E-state index is 0.0263. The average molecular weight is 434 g/mol. The summed E-state index contributed by atoms with van der Waals surface area (Å²) in [5.41, 5.74) is 0.630. The van der Waals surface area contributed by atoms with Crippen molar-refractivity contribution in [3.8, 4) is 0 Å². The maximum Gasteiger partial charge on any atom is 0.359 e. The normalized spacial score (nSPS) is 14.6. The molecule has 1 aromatic heterocycles. The number of nitrogens with one attached hydrogen (secondary N) is 1. The Morgan fingerprint density at radius 3 is 2.31 bits per heavy atom. The van der Waals surface area contributed by atoms with Crippen molar-refractivity contribution in [2.24, 2.45) is 0 Å². The summed E-state index contributed by atoms with van der Waals surface area (Å²) < 4.78 is 6.55. The lowest BCUT2D eigenvalue weighted by Gasteiger charge is -2.16. The smallest absolute Gasteiger partial charge is 0.359 e. The van der Waals surface area contributed by atoms with Gasteiger partial charge in [-0.05, 0) is 24.5 Å². The number of benzene rings is 2. The van der Waals surface area contributed by atoms with Gasteiger partial charge in [0, 0.05) is 11.4 Å². The van der Waals surface area contributed by atoms with Crippen LogP contribution in [0.1, 0.15) is 54.6 Å². The number of carbonyl (C=O) groups is 2. The van der Waals surface area contributed by atoms with Gasteiger partial charge in [0.05, 0.1) is 11.9 Å². The van der Waals surface area contributed by atoms with Gasteiger partial charge in [-0.25, -0.2) is 9.48 Å². The van der Waals surface area contributed by atoms with Crippen LogP contribution in [0.2, 0.25) is 0 Å². The van der Waals surface area contributed by atoms with E-state index in [9.17, 15) is 14.4 Å². The van der Waals surface area contributed by atoms with Crippen LogP contribution < -0.4 is 10.9 Å². The zero-order valence-electron chi connectivity index (χ0n) is 18.0. The van der Waals surface area contributed by atoms with E-state index in [0.717, 1.165) is 31.2 Å². The lowest BCUT2D eigenvalue weighted by atomic mass is 10.1. The van der Waals surface area contributed by atoms with Crippen LogP contribution in [0.5, 0.6) is 0 Å². The highest BCUT2D eigenvalue weighted by atomic mass is 16.5. The molecule has 3 aromatic rings. The summed E-state index contributed by atoms with van der Waals surface area (Å²) in [7, 11) is 0. The Morgan fingerprint density at radius 1 is 0.938 bits per heavy atom. The summed E-state index contributed by atoms with van der Waals surface area (Å²) in [5, 5.41) is 8.06. The van der Waals surface area contributed by atoms with Crippen molar-refractivity contribution in [2.75, 3.05) is 6.61 Å². The van der Waals surface area contributed by atoms with Crippen molar-refractivity contribution in [1.82, 2.24) is 15.1 Å². The van der Waals surface area contributed by atoms with Gasteiger partial charge in [0.1, 0.15) is 0 Å². The van der Waals surface area contributed by atoms with Crippen molar-refractivity contribution in [1.29, 1.82) is 0 Å². The second-order valence-electron chi connectivity index (χ2n) is 8.17. The Bertz CT molecular complexity index is 1150. The molecule has 1 amide bonds. The molecule has 2 aromatic carbocycles. The van der Waals surface area contributed by atoms with Crippen molar-refractivity contribution in [3.05, 3.63) is 76.2 Å². The third kappa shape index (κ3) is 5.22. The van der Waals surface area contributed by atoms with Gasteiger partial charge in [0.2, 0.25) is 0 Å². The number of hydrogen-bond donors (Lipinski definition) is 1. The molecule has 1 saturated carbocycles. The van der Waals surface area contributed by atoms with Crippen LogP contribution in [0.4, 0.5) is 0 Å². The van der Waals surface area contributed by atoms with Gasteiger partial charge >= 0.3 is 5.97 Å². The summed E-state index contributed by atoms with van der Waals surface area (Å²) in [6.07, 6.45) is 6.50. The zero-order valence-corrected chi connectivity index (χ0v) is 18.0. The average Bonchev–Trinajstić information content (AvgIpc) is 3.09. The first-order valence-corrected chi connectivity index (χ1v) is 11.1. The number of carbonyl (C=O) groups excluding carboxylic acids is 2. The second kappa shape index (κ2) is 10.2. The van der Waals surface area contributed by atoms with Gasteiger partial charge in [-0.2, -0.15) is 5.10 Å². The lowest BCUT2D eigenvalue weighted by molar-refractivity contribution is -0.125. The topological polar surface area (TPSA) is 90.3 Å². The molecular weight excluding hydrogens is 406 g/mol. The molecule has 32 heavy (non-hydrogen) atoms. The number of aromatic nitrogens is 2. The predicted octanol–water partition coefficient (Wildman–Crippen LogP) is 3.44. The minimum atomic E-state index is -0.723. The SMILES string of the molecule is O=C(COC(=O)c1nn(Cc2ccccc2)c(=O)c2ccccc12)NC1CCCCCC1. The number of ether oxygens (including phenoxy) is 1. The van der Waals surface area contributed by atoms with Crippen molar-refractivity contribution in [2.45, 2.75) is 51.1 Å². The largest absolute Gasteiger partial charge is 0.451 e. The Labute approximate surface area is 186 Å². The van der Waals surface area contributed by atoms with Gasteiger partial charge in [0.25, 0.3) is 11.5 Å². The highest BCUT2D eigenvalue weighted by Gasteiger charge is 2.20. The first-order valence-electron chi connectivity index (χ1n) is 11.1. The maximum atomic E-state index is 12.9. The van der Waals surface area contributed by atoms with E-state index in [4.69, 9.17) is 4.74 Å². The van der Waals surface area contributed by atoms with Crippen LogP contribution in [0.3, 0.4) is 0 Å². The number of hydrogen-bond acceptors (Lipinski definition) is 5. The Balaban J connectivity index is 1.52. The van der Waals surface area contributed by atoms with E-state index >= 15 is 0 Å². The molecule has 0 aliphatic heterocycles. The molecule has 0 radical (unpaired) electrons. The van der Waals surface area contributed by atoms with Crippen molar-refractivity contribution < 1.29 is 14.3 Å². The molecular formula is C25H27N3O4. The van der Waals surface area contributed by atoms with Crippen LogP contribution in [-0.2, 0) is 16.1 Å². The van der Waals surface area contributed by atoms with Gasteiger partial charge in [-0.15, -0.1) is 0 Å². The standard InChI is InChI=1S/C25H27N3O4/c29-22(26-19-12-6-1-2-7-13-19)17-32-25(31)23-20-14-8-9-15-21(20)24(30)28(27-23)16-18-10-4-3-5-11-18/h3-5,8-11,14-15,19H,1-2,6-7,12-13,16-17H2,(H,26,29). The van der Waals surface area contributed by atoms with E-state index < -0.39 is 5.97 Å². The molecule has 1 heterocycles. The number of nitrogens with zero attached hydrogens (tertiary/aromatic N) is 2. The van der Waals surface area contributed by atoms with Crippen molar-refractivity contribution >= 4 is 22.6 Å². The number of amides is 1. The molecule has 1 aliphatic carbocycles. The summed E-state index contributed by atoms with van der Waals surface area (Å²) >= 11 is 0. The van der Waals surface area contributed by atoms with E-state index in [1.165, 1.54) is 17.5 Å². The van der Waals surface area contributed by atoms with Gasteiger partial charge in [-0.3, -0.25) is 9.59 Å². The van der Waals surface area contributed by atoms with E-state index in [2.05, 4.69) is 10.4 Å². The quantitative estimate of drug-likeness (QED) is 0.475. The number of fused-ring (bicyclic) bond motifs is 1. The van der Waals surface area contributed by atoms with Crippen molar-refractivity contribution in [3.63, 3.8) is 0 Å². The van der Waals surface area contributed by atoms with Gasteiger partial charge < -0.3 is 10.1 Å². The third-order valence-corrected chi connectivity index (χ3v) is 5.79. The molecule has 7 nitrogen and oxygen atoms in total. The van der Waals surface area contributed by atoms with E-state index in [0.29, 0.717) is 10.8 Å². The molecule has 0 saturated heterocycles. The van der Waals surface area contributed by atoms with Crippen LogP contribution in [-0.4, -0.2) is 34.3 Å². The van der Waals surface area contributed by atoms with Gasteiger partial charge in [-0.1, -0.05) is 74.2 Å². The number of rotatable bonds is 6. The summed E-state index contributed by atoms with van der Waals surface area (Å²) in [6, 6.07) is 16.4. The van der Waals surface area contributed by atoms with Crippen LogP contribution in [0, 0.1) is 0 Å². The lowest BCUT2D eigenvalue weighted by Crippen LogP contribution is -2.37. The first kappa shape index (κ1) is 21.7. The number of esters is 1. The molecule has 1 aliphatic rings. The Kier molecular flexibility index (Phi) is 6.94. The molecule has 1 fully saturated rings. The van der Waals surface area contributed by atoms with Crippen LogP contribution in [0.25, 0.3) is 10.8 Å².